The van der Waals surface area contributed by atoms with E-state index in [0.717, 1.165) is 5.69 Å². The third-order valence-electron chi connectivity index (χ3n) is 3.55. The number of aryl methyl sites for hydroxylation is 1. The van der Waals surface area contributed by atoms with Gasteiger partial charge in [-0.1, -0.05) is 18.2 Å². The number of aromatic nitrogens is 2. The van der Waals surface area contributed by atoms with Gasteiger partial charge in [0.25, 0.3) is 0 Å². The molecule has 25 heavy (non-hydrogen) atoms. The van der Waals surface area contributed by atoms with E-state index in [-0.39, 0.29) is 11.5 Å². The fourth-order valence-electron chi connectivity index (χ4n) is 2.38. The number of carbonyl (C=O) groups excluding carboxylic acids is 1. The lowest BCUT2D eigenvalue weighted by molar-refractivity contribution is 0.101. The van der Waals surface area contributed by atoms with Gasteiger partial charge in [0.1, 0.15) is 0 Å². The lowest BCUT2D eigenvalue weighted by Gasteiger charge is -2.13. The molecule has 3 aromatic rings. The van der Waals surface area contributed by atoms with Gasteiger partial charge in [0, 0.05) is 7.05 Å². The molecule has 3 rings (SSSR count). The van der Waals surface area contributed by atoms with Crippen molar-refractivity contribution in [3.63, 3.8) is 0 Å². The first-order chi connectivity index (χ1) is 12.1. The van der Waals surface area contributed by atoms with Crippen LogP contribution in [0.3, 0.4) is 0 Å². The summed E-state index contributed by atoms with van der Waals surface area (Å²) in [4.78, 5) is 12.8. The first-order valence-corrected chi connectivity index (χ1v) is 7.99. The summed E-state index contributed by atoms with van der Waals surface area (Å²) >= 11 is 5.09. The molecule has 0 aliphatic carbocycles. The number of ketones is 1. The van der Waals surface area contributed by atoms with Gasteiger partial charge in [-0.25, -0.2) is 4.68 Å². The van der Waals surface area contributed by atoms with E-state index in [0.29, 0.717) is 22.2 Å². The largest absolute Gasteiger partial charge is 0.461 e. The number of hydrogen-bond acceptors (Lipinski definition) is 5. The van der Waals surface area contributed by atoms with E-state index < -0.39 is 0 Å². The average molecular weight is 355 g/mol. The van der Waals surface area contributed by atoms with Crippen molar-refractivity contribution in [2.75, 3.05) is 12.5 Å². The van der Waals surface area contributed by atoms with Crippen LogP contribution in [-0.4, -0.2) is 27.7 Å². The minimum absolute atomic E-state index is 0.245. The van der Waals surface area contributed by atoms with Gasteiger partial charge >= 0.3 is 0 Å². The summed E-state index contributed by atoms with van der Waals surface area (Å²) in [6.07, 6.45) is 1.46. The molecular formula is C17H17N5O2S. The SMILES string of the molecule is CNC(=S)NNc1c(C(=O)c2ccco2)c(C)nn1-c1ccccc1. The van der Waals surface area contributed by atoms with E-state index in [2.05, 4.69) is 21.3 Å². The summed E-state index contributed by atoms with van der Waals surface area (Å²) in [5.41, 5.74) is 7.61. The van der Waals surface area contributed by atoms with Crippen molar-refractivity contribution in [2.45, 2.75) is 6.92 Å². The second kappa shape index (κ2) is 7.18. The van der Waals surface area contributed by atoms with Crippen molar-refractivity contribution in [1.82, 2.24) is 20.5 Å². The van der Waals surface area contributed by atoms with E-state index in [9.17, 15) is 4.79 Å². The van der Waals surface area contributed by atoms with Crippen molar-refractivity contribution < 1.29 is 9.21 Å². The second-order valence-electron chi connectivity index (χ2n) is 5.19. The van der Waals surface area contributed by atoms with E-state index in [1.54, 1.807) is 30.8 Å². The number of anilines is 1. The minimum atomic E-state index is -0.260. The fourth-order valence-corrected chi connectivity index (χ4v) is 2.43. The number of rotatable bonds is 5. The summed E-state index contributed by atoms with van der Waals surface area (Å²) < 4.78 is 6.90. The van der Waals surface area contributed by atoms with Crippen LogP contribution in [-0.2, 0) is 0 Å². The van der Waals surface area contributed by atoms with Gasteiger partial charge in [-0.05, 0) is 43.4 Å². The zero-order valence-corrected chi connectivity index (χ0v) is 14.6. The number of nitrogens with one attached hydrogen (secondary N) is 3. The molecular weight excluding hydrogens is 338 g/mol. The van der Waals surface area contributed by atoms with E-state index in [1.807, 2.05) is 30.3 Å². The number of thiocarbonyl (C=S) groups is 1. The molecule has 3 N–H and O–H groups in total. The Balaban J connectivity index is 2.08. The molecule has 0 aliphatic heterocycles. The van der Waals surface area contributed by atoms with Crippen LogP contribution in [0, 0.1) is 6.92 Å². The van der Waals surface area contributed by atoms with Gasteiger partial charge in [0.05, 0.1) is 23.2 Å². The van der Waals surface area contributed by atoms with Crippen LogP contribution < -0.4 is 16.2 Å². The Morgan fingerprint density at radius 3 is 2.60 bits per heavy atom. The molecule has 0 bridgehead atoms. The van der Waals surface area contributed by atoms with Crippen LogP contribution in [0.5, 0.6) is 0 Å². The van der Waals surface area contributed by atoms with E-state index >= 15 is 0 Å². The number of benzene rings is 1. The van der Waals surface area contributed by atoms with Crippen molar-refractivity contribution in [3.05, 3.63) is 65.7 Å². The van der Waals surface area contributed by atoms with Crippen molar-refractivity contribution >= 4 is 28.9 Å². The molecule has 2 aromatic heterocycles. The molecule has 8 heteroatoms. The number of hydrazine groups is 1. The van der Waals surface area contributed by atoms with Crippen molar-refractivity contribution in [3.8, 4) is 5.69 Å². The lowest BCUT2D eigenvalue weighted by Crippen LogP contribution is -2.37. The van der Waals surface area contributed by atoms with E-state index in [1.165, 1.54) is 6.26 Å². The number of hydrogen-bond donors (Lipinski definition) is 3. The number of carbonyl (C=O) groups is 1. The Hall–Kier alpha value is -3.13. The molecule has 0 unspecified atom stereocenters. The summed E-state index contributed by atoms with van der Waals surface area (Å²) in [6.45, 7) is 1.77. The second-order valence-corrected chi connectivity index (χ2v) is 5.60. The summed E-state index contributed by atoms with van der Waals surface area (Å²) in [6, 6.07) is 12.8. The number of furan rings is 1. The highest BCUT2D eigenvalue weighted by Crippen LogP contribution is 2.26. The first-order valence-electron chi connectivity index (χ1n) is 7.58. The zero-order valence-electron chi connectivity index (χ0n) is 13.7. The maximum Gasteiger partial charge on any atom is 0.233 e. The van der Waals surface area contributed by atoms with Crippen LogP contribution >= 0.6 is 12.2 Å². The number of nitrogens with zero attached hydrogens (tertiary/aromatic N) is 2. The smallest absolute Gasteiger partial charge is 0.233 e. The topological polar surface area (TPSA) is 84.1 Å². The van der Waals surface area contributed by atoms with Crippen LogP contribution in [0.1, 0.15) is 21.8 Å². The summed E-state index contributed by atoms with van der Waals surface area (Å²) in [5, 5.41) is 7.69. The standard InChI is InChI=1S/C17H17N5O2S/c1-11-14(15(23)13-9-6-10-24-13)16(19-20-17(25)18-2)22(21-11)12-7-4-3-5-8-12/h3-10,19H,1-2H3,(H2,18,20,25). The Kier molecular flexibility index (Phi) is 4.80. The van der Waals surface area contributed by atoms with Crippen LogP contribution in [0.15, 0.2) is 53.1 Å². The predicted molar refractivity (Wildman–Crippen MR) is 98.9 cm³/mol. The maximum absolute atomic E-state index is 12.8. The van der Waals surface area contributed by atoms with Gasteiger partial charge in [-0.2, -0.15) is 5.10 Å². The van der Waals surface area contributed by atoms with Gasteiger partial charge in [-0.3, -0.25) is 15.6 Å². The Bertz CT molecular complexity index is 887. The summed E-state index contributed by atoms with van der Waals surface area (Å²) in [5.74, 6) is 0.460. The molecule has 0 radical (unpaired) electrons. The molecule has 128 valence electrons. The Morgan fingerprint density at radius 2 is 1.96 bits per heavy atom. The molecule has 0 aliphatic rings. The first kappa shape index (κ1) is 16.7. The van der Waals surface area contributed by atoms with Gasteiger partial charge < -0.3 is 9.73 Å². The average Bonchev–Trinajstić information content (AvgIpc) is 3.28. The lowest BCUT2D eigenvalue weighted by atomic mass is 10.1. The maximum atomic E-state index is 12.8. The number of para-hydroxylation sites is 1. The molecule has 0 atom stereocenters. The van der Waals surface area contributed by atoms with Gasteiger partial charge in [0.15, 0.2) is 16.7 Å². The van der Waals surface area contributed by atoms with Crippen molar-refractivity contribution in [2.24, 2.45) is 0 Å². The third kappa shape index (κ3) is 3.38. The quantitative estimate of drug-likeness (QED) is 0.368. The monoisotopic (exact) mass is 355 g/mol. The Morgan fingerprint density at radius 1 is 1.20 bits per heavy atom. The molecule has 7 nitrogen and oxygen atoms in total. The molecule has 0 spiro atoms. The highest BCUT2D eigenvalue weighted by atomic mass is 32.1. The van der Waals surface area contributed by atoms with Crippen LogP contribution in [0.2, 0.25) is 0 Å². The van der Waals surface area contributed by atoms with Gasteiger partial charge in [-0.15, -0.1) is 0 Å². The highest BCUT2D eigenvalue weighted by molar-refractivity contribution is 7.80. The molecule has 2 heterocycles. The fraction of sp³-hybridized carbons (Fsp3) is 0.118. The van der Waals surface area contributed by atoms with Crippen LogP contribution in [0.25, 0.3) is 5.69 Å². The normalized spacial score (nSPS) is 10.3. The van der Waals surface area contributed by atoms with Gasteiger partial charge in [0.2, 0.25) is 5.78 Å². The van der Waals surface area contributed by atoms with Crippen LogP contribution in [0.4, 0.5) is 5.82 Å². The Labute approximate surface area is 150 Å². The highest BCUT2D eigenvalue weighted by Gasteiger charge is 2.25. The third-order valence-corrected chi connectivity index (χ3v) is 3.86. The van der Waals surface area contributed by atoms with E-state index in [4.69, 9.17) is 16.6 Å². The van der Waals surface area contributed by atoms with Crippen molar-refractivity contribution in [1.29, 1.82) is 0 Å². The molecule has 0 amide bonds. The molecule has 0 saturated heterocycles. The molecule has 0 fully saturated rings. The summed E-state index contributed by atoms with van der Waals surface area (Å²) in [7, 11) is 1.70. The minimum Gasteiger partial charge on any atom is -0.461 e. The molecule has 1 aromatic carbocycles. The molecule has 0 saturated carbocycles. The zero-order chi connectivity index (χ0) is 17.8. The predicted octanol–water partition coefficient (Wildman–Crippen LogP) is 2.43.